The van der Waals surface area contributed by atoms with Crippen LogP contribution in [0.25, 0.3) is 0 Å². The van der Waals surface area contributed by atoms with Crippen molar-refractivity contribution in [1.82, 2.24) is 4.98 Å². The second-order valence-electron chi connectivity index (χ2n) is 6.81. The van der Waals surface area contributed by atoms with E-state index < -0.39 is 36.0 Å². The monoisotopic (exact) mass is 422 g/mol. The number of pyridine rings is 1. The number of alkyl halides is 1. The van der Waals surface area contributed by atoms with Crippen LogP contribution in [0.3, 0.4) is 0 Å². The molecule has 2 aliphatic rings. The van der Waals surface area contributed by atoms with E-state index in [1.165, 1.54) is 36.5 Å². The van der Waals surface area contributed by atoms with E-state index in [9.17, 15) is 13.6 Å². The third-order valence-corrected chi connectivity index (χ3v) is 5.33. The van der Waals surface area contributed by atoms with Gasteiger partial charge < -0.3 is 20.5 Å². The topological polar surface area (TPSA) is 98.8 Å². The fourth-order valence-electron chi connectivity index (χ4n) is 3.66. The highest BCUT2D eigenvalue weighted by Gasteiger charge is 2.55. The van der Waals surface area contributed by atoms with E-state index in [2.05, 4.69) is 15.3 Å². The van der Waals surface area contributed by atoms with E-state index >= 15 is 0 Å². The van der Waals surface area contributed by atoms with Crippen LogP contribution in [-0.4, -0.2) is 42.9 Å². The highest BCUT2D eigenvalue weighted by molar-refractivity contribution is 6.30. The molecule has 29 heavy (non-hydrogen) atoms. The summed E-state index contributed by atoms with van der Waals surface area (Å²) in [7, 11) is 0. The fourth-order valence-corrected chi connectivity index (χ4v) is 3.77. The Morgan fingerprint density at radius 3 is 2.93 bits per heavy atom. The Bertz CT molecular complexity index is 972. The van der Waals surface area contributed by atoms with Gasteiger partial charge in [0.15, 0.2) is 0 Å². The van der Waals surface area contributed by atoms with E-state index in [-0.39, 0.29) is 30.5 Å². The number of nitrogens with zero attached hydrogens (tertiary/aromatic N) is 2. The lowest BCUT2D eigenvalue weighted by Gasteiger charge is -2.35. The molecule has 3 atom stereocenters. The number of anilines is 1. The highest BCUT2D eigenvalue weighted by atomic mass is 35.5. The number of hydrogen-bond donors (Lipinski definition) is 2. The van der Waals surface area contributed by atoms with Gasteiger partial charge in [-0.1, -0.05) is 11.6 Å². The second kappa shape index (κ2) is 7.57. The smallest absolute Gasteiger partial charge is 0.282 e. The van der Waals surface area contributed by atoms with Gasteiger partial charge in [-0.2, -0.15) is 0 Å². The maximum absolute atomic E-state index is 14.8. The molecule has 2 aliphatic heterocycles. The van der Waals surface area contributed by atoms with Gasteiger partial charge >= 0.3 is 0 Å². The summed E-state index contributed by atoms with van der Waals surface area (Å²) in [6, 6.07) is 6.95. The number of benzene rings is 1. The van der Waals surface area contributed by atoms with Crippen LogP contribution in [0.4, 0.5) is 14.5 Å². The first-order chi connectivity index (χ1) is 13.9. The Kier molecular flexibility index (Phi) is 5.10. The van der Waals surface area contributed by atoms with Crippen LogP contribution in [0.5, 0.6) is 0 Å². The van der Waals surface area contributed by atoms with Gasteiger partial charge in [-0.3, -0.25) is 4.79 Å². The summed E-state index contributed by atoms with van der Waals surface area (Å²) in [4.78, 5) is 20.7. The van der Waals surface area contributed by atoms with E-state index in [4.69, 9.17) is 26.8 Å². The summed E-state index contributed by atoms with van der Waals surface area (Å²) in [5.41, 5.74) is 5.10. The lowest BCUT2D eigenvalue weighted by molar-refractivity contribution is 0.0528. The minimum absolute atomic E-state index is 0.0502. The van der Waals surface area contributed by atoms with Crippen molar-refractivity contribution in [3.05, 3.63) is 58.6 Å². The first-order valence-corrected chi connectivity index (χ1v) is 9.19. The number of carbonyl (C=O) groups excluding carboxylic acids is 1. The molecule has 3 heterocycles. The highest BCUT2D eigenvalue weighted by Crippen LogP contribution is 2.46. The molecule has 0 radical (unpaired) electrons. The first-order valence-electron chi connectivity index (χ1n) is 8.81. The van der Waals surface area contributed by atoms with E-state index in [0.29, 0.717) is 10.7 Å². The summed E-state index contributed by atoms with van der Waals surface area (Å²) in [5.74, 6) is -1.62. The number of aromatic nitrogens is 1. The number of nitrogens with two attached hydrogens (primary N) is 1. The minimum Gasteiger partial charge on any atom is -0.465 e. The molecule has 1 fully saturated rings. The van der Waals surface area contributed by atoms with Crippen LogP contribution in [0, 0.1) is 11.7 Å². The fraction of sp³-hybridized carbons (Fsp3) is 0.316. The van der Waals surface area contributed by atoms with E-state index in [0.717, 1.165) is 0 Å². The zero-order valence-corrected chi connectivity index (χ0v) is 15.8. The third kappa shape index (κ3) is 3.51. The van der Waals surface area contributed by atoms with Gasteiger partial charge in [0.05, 0.1) is 30.3 Å². The molecule has 7 nitrogen and oxygen atoms in total. The molecule has 3 N–H and O–H groups in total. The Morgan fingerprint density at radius 2 is 2.21 bits per heavy atom. The Balaban J connectivity index is 1.68. The molecule has 1 aromatic carbocycles. The molecule has 0 spiro atoms. The number of amides is 1. The molecule has 2 aromatic rings. The lowest BCUT2D eigenvalue weighted by Crippen LogP contribution is -2.45. The molecule has 1 saturated heterocycles. The van der Waals surface area contributed by atoms with Crippen molar-refractivity contribution in [3.8, 4) is 0 Å². The predicted octanol–water partition coefficient (Wildman–Crippen LogP) is 2.65. The van der Waals surface area contributed by atoms with Crippen LogP contribution in [-0.2, 0) is 15.0 Å². The van der Waals surface area contributed by atoms with Gasteiger partial charge in [-0.25, -0.2) is 18.8 Å². The van der Waals surface area contributed by atoms with Gasteiger partial charge in [0.2, 0.25) is 0 Å². The van der Waals surface area contributed by atoms with Gasteiger partial charge in [0.25, 0.3) is 11.9 Å². The Hall–Kier alpha value is -2.78. The predicted molar refractivity (Wildman–Crippen MR) is 102 cm³/mol. The largest absolute Gasteiger partial charge is 0.465 e. The van der Waals surface area contributed by atoms with Crippen LogP contribution in [0.2, 0.25) is 5.02 Å². The van der Waals surface area contributed by atoms with E-state index in [1.807, 2.05) is 0 Å². The van der Waals surface area contributed by atoms with Crippen LogP contribution < -0.4 is 11.1 Å². The molecule has 4 rings (SSSR count). The number of aliphatic imine (C=N–C) groups is 1. The van der Waals surface area contributed by atoms with E-state index in [1.54, 1.807) is 0 Å². The molecule has 1 amide bonds. The van der Waals surface area contributed by atoms with Gasteiger partial charge in [-0.05, 0) is 30.3 Å². The van der Waals surface area contributed by atoms with Crippen molar-refractivity contribution in [3.63, 3.8) is 0 Å². The quantitative estimate of drug-likeness (QED) is 0.789. The van der Waals surface area contributed by atoms with Crippen LogP contribution in [0.1, 0.15) is 16.1 Å². The number of rotatable bonds is 4. The number of amidine groups is 1. The third-order valence-electron chi connectivity index (χ3n) is 5.10. The molecular weight excluding hydrogens is 406 g/mol. The lowest BCUT2D eigenvalue weighted by atomic mass is 9.78. The van der Waals surface area contributed by atoms with Gasteiger partial charge in [0, 0.05) is 17.4 Å². The maximum Gasteiger partial charge on any atom is 0.282 e. The number of carbonyl (C=O) groups is 1. The van der Waals surface area contributed by atoms with Crippen molar-refractivity contribution >= 4 is 29.2 Å². The number of fused-ring (bicyclic) bond motifs is 1. The van der Waals surface area contributed by atoms with Crippen molar-refractivity contribution in [1.29, 1.82) is 0 Å². The average Bonchev–Trinajstić information content (AvgIpc) is 3.08. The number of hydrogen-bond acceptors (Lipinski definition) is 6. The summed E-state index contributed by atoms with van der Waals surface area (Å²) in [6.07, 6.45) is 0.561. The zero-order valence-electron chi connectivity index (χ0n) is 15.1. The molecule has 0 bridgehead atoms. The summed E-state index contributed by atoms with van der Waals surface area (Å²) >= 11 is 5.78. The molecule has 3 unspecified atom stereocenters. The standard InChI is InChI=1S/C19H17ClF2N4O3/c20-10-1-4-15(24-7-10)17(27)25-11-2-3-14(22)12(5-11)19-9-29-16(6-21)13(19)8-28-18(23)26-19/h1-5,7,13,16H,6,8-9H2,(H2,23,26)(H,25,27). The van der Waals surface area contributed by atoms with Crippen LogP contribution in [0.15, 0.2) is 41.5 Å². The SMILES string of the molecule is NC1=NC2(c3cc(NC(=O)c4ccc(Cl)cn4)ccc3F)COC(CF)C2CO1. The number of nitrogens with one attached hydrogen (secondary N) is 1. The second-order valence-corrected chi connectivity index (χ2v) is 7.24. The summed E-state index contributed by atoms with van der Waals surface area (Å²) < 4.78 is 39.0. The van der Waals surface area contributed by atoms with Crippen molar-refractivity contribution in [2.75, 3.05) is 25.2 Å². The van der Waals surface area contributed by atoms with Crippen molar-refractivity contribution < 1.29 is 23.0 Å². The molecule has 1 aromatic heterocycles. The van der Waals surface area contributed by atoms with Crippen molar-refractivity contribution in [2.45, 2.75) is 11.6 Å². The van der Waals surface area contributed by atoms with Crippen LogP contribution >= 0.6 is 11.6 Å². The summed E-state index contributed by atoms with van der Waals surface area (Å²) in [5, 5.41) is 3.06. The Morgan fingerprint density at radius 1 is 1.38 bits per heavy atom. The van der Waals surface area contributed by atoms with Gasteiger partial charge in [-0.15, -0.1) is 0 Å². The molecule has 0 aliphatic carbocycles. The first kappa shape index (κ1) is 19.5. The molecule has 10 heteroatoms. The van der Waals surface area contributed by atoms with Gasteiger partial charge in [0.1, 0.15) is 23.7 Å². The van der Waals surface area contributed by atoms with Crippen molar-refractivity contribution in [2.24, 2.45) is 16.6 Å². The molecule has 152 valence electrons. The zero-order chi connectivity index (χ0) is 20.6. The summed E-state index contributed by atoms with van der Waals surface area (Å²) in [6.45, 7) is -0.760. The maximum atomic E-state index is 14.8. The average molecular weight is 423 g/mol. The minimum atomic E-state index is -1.23. The normalized spacial score (nSPS) is 25.7. The Labute approximate surface area is 169 Å². The number of halogens is 3. The number of ether oxygens (including phenoxy) is 2. The molecule has 0 saturated carbocycles. The molecular formula is C19H17ClF2N4O3.